The van der Waals surface area contributed by atoms with Crippen molar-refractivity contribution in [1.82, 2.24) is 4.98 Å². The Morgan fingerprint density at radius 1 is 1.24 bits per heavy atom. The van der Waals surface area contributed by atoms with E-state index in [1.165, 1.54) is 0 Å². The summed E-state index contributed by atoms with van der Waals surface area (Å²) in [4.78, 5) is 4.20. The predicted octanol–water partition coefficient (Wildman–Crippen LogP) is 4.02. The normalized spacial score (nSPS) is 12.7. The van der Waals surface area contributed by atoms with Crippen LogP contribution in [-0.4, -0.2) is 9.19 Å². The van der Waals surface area contributed by atoms with E-state index in [2.05, 4.69) is 4.98 Å². The number of anilines is 1. The molecule has 0 aliphatic rings. The number of hydrogen-bond acceptors (Lipinski definition) is 4. The zero-order chi connectivity index (χ0) is 15.0. The van der Waals surface area contributed by atoms with E-state index in [9.17, 15) is 4.21 Å². The highest BCUT2D eigenvalue weighted by molar-refractivity contribution is 7.84. The molecule has 2 aromatic carbocycles. The smallest absolute Gasteiger partial charge is 0.288 e. The van der Waals surface area contributed by atoms with Crippen molar-refractivity contribution in [2.24, 2.45) is 0 Å². The monoisotopic (exact) mass is 340 g/mol. The van der Waals surface area contributed by atoms with Gasteiger partial charge in [-0.1, -0.05) is 35.3 Å². The van der Waals surface area contributed by atoms with Gasteiger partial charge in [-0.3, -0.25) is 0 Å². The average Bonchev–Trinajstić information content (AvgIpc) is 2.87. The molecule has 0 bridgehead atoms. The van der Waals surface area contributed by atoms with E-state index in [0.717, 1.165) is 0 Å². The molecule has 0 spiro atoms. The molecule has 7 heteroatoms. The second kappa shape index (κ2) is 5.67. The minimum Gasteiger partial charge on any atom is -0.430 e. The summed E-state index contributed by atoms with van der Waals surface area (Å²) in [6, 6.07) is 10.3. The van der Waals surface area contributed by atoms with E-state index < -0.39 is 10.8 Å². The Labute approximate surface area is 133 Å². The lowest BCUT2D eigenvalue weighted by Gasteiger charge is -2.03. The minimum absolute atomic E-state index is 0.145. The highest BCUT2D eigenvalue weighted by Gasteiger charge is 2.16. The molecule has 21 heavy (non-hydrogen) atoms. The fraction of sp³-hybridized carbons (Fsp3) is 0.0714. The van der Waals surface area contributed by atoms with Gasteiger partial charge in [-0.05, 0) is 23.8 Å². The molecule has 0 fully saturated rings. The maximum absolute atomic E-state index is 12.4. The summed E-state index contributed by atoms with van der Waals surface area (Å²) in [5, 5.41) is 0.969. The Balaban J connectivity index is 1.91. The van der Waals surface area contributed by atoms with Crippen LogP contribution >= 0.6 is 23.2 Å². The molecule has 0 saturated carbocycles. The van der Waals surface area contributed by atoms with Crippen LogP contribution in [0.5, 0.6) is 0 Å². The Hall–Kier alpha value is -1.56. The summed E-state index contributed by atoms with van der Waals surface area (Å²) < 4.78 is 17.8. The average molecular weight is 341 g/mol. The lowest BCUT2D eigenvalue weighted by atomic mass is 10.2. The zero-order valence-electron chi connectivity index (χ0n) is 10.7. The molecule has 108 valence electrons. The number of rotatable bonds is 3. The van der Waals surface area contributed by atoms with Crippen LogP contribution in [-0.2, 0) is 16.6 Å². The van der Waals surface area contributed by atoms with Crippen molar-refractivity contribution in [3.63, 3.8) is 0 Å². The molecule has 2 N–H and O–H groups in total. The number of nitrogens with two attached hydrogens (primary N) is 1. The van der Waals surface area contributed by atoms with Gasteiger partial charge in [0, 0.05) is 11.8 Å². The minimum atomic E-state index is -1.45. The molecule has 1 heterocycles. The number of oxazole rings is 1. The van der Waals surface area contributed by atoms with E-state index >= 15 is 0 Å². The standard InChI is InChI=1S/C14H10Cl2N2O2S/c15-10-3-1-2-8(13(10)16)7-21(19)14-18-11-5-4-9(17)6-12(11)20-14/h1-6H,7,17H2. The van der Waals surface area contributed by atoms with E-state index in [0.29, 0.717) is 32.4 Å². The van der Waals surface area contributed by atoms with E-state index in [4.69, 9.17) is 33.4 Å². The molecule has 0 aliphatic carbocycles. The van der Waals surface area contributed by atoms with Crippen molar-refractivity contribution in [3.05, 3.63) is 52.0 Å². The van der Waals surface area contributed by atoms with E-state index in [-0.39, 0.29) is 11.0 Å². The zero-order valence-corrected chi connectivity index (χ0v) is 13.0. The summed E-state index contributed by atoms with van der Waals surface area (Å²) in [5.41, 5.74) is 8.05. The van der Waals surface area contributed by atoms with Crippen LogP contribution in [0.15, 0.2) is 46.0 Å². The van der Waals surface area contributed by atoms with E-state index in [1.54, 1.807) is 36.4 Å². The van der Waals surface area contributed by atoms with Gasteiger partial charge in [0.15, 0.2) is 5.58 Å². The van der Waals surface area contributed by atoms with E-state index in [1.807, 2.05) is 0 Å². The maximum Gasteiger partial charge on any atom is 0.288 e. The van der Waals surface area contributed by atoms with Crippen molar-refractivity contribution in [2.75, 3.05) is 5.73 Å². The topological polar surface area (TPSA) is 69.1 Å². The molecule has 3 aromatic rings. The van der Waals surface area contributed by atoms with Crippen LogP contribution in [0.25, 0.3) is 11.1 Å². The lowest BCUT2D eigenvalue weighted by Crippen LogP contribution is -1.97. The summed E-state index contributed by atoms with van der Waals surface area (Å²) in [5.74, 6) is 0.182. The highest BCUT2D eigenvalue weighted by Crippen LogP contribution is 2.28. The number of nitrogens with zero attached hydrogens (tertiary/aromatic N) is 1. The number of hydrogen-bond donors (Lipinski definition) is 1. The molecule has 0 amide bonds. The summed E-state index contributed by atoms with van der Waals surface area (Å²) >= 11 is 12.0. The second-order valence-corrected chi connectivity index (χ2v) is 6.52. The first-order valence-electron chi connectivity index (χ1n) is 6.02. The third-order valence-corrected chi connectivity index (χ3v) is 4.90. The van der Waals surface area contributed by atoms with Crippen molar-refractivity contribution < 1.29 is 8.63 Å². The first-order valence-corrected chi connectivity index (χ1v) is 8.09. The van der Waals surface area contributed by atoms with Crippen molar-refractivity contribution >= 4 is 50.8 Å². The Bertz CT molecular complexity index is 848. The van der Waals surface area contributed by atoms with Gasteiger partial charge in [-0.2, -0.15) is 0 Å². The van der Waals surface area contributed by atoms with Gasteiger partial charge in [0.1, 0.15) is 16.3 Å². The summed E-state index contributed by atoms with van der Waals surface area (Å²) in [6.07, 6.45) is 0. The molecule has 0 aliphatic heterocycles. The van der Waals surface area contributed by atoms with Gasteiger partial charge in [0.2, 0.25) is 0 Å². The maximum atomic E-state index is 12.4. The quantitative estimate of drug-likeness (QED) is 0.731. The van der Waals surface area contributed by atoms with Crippen molar-refractivity contribution in [2.45, 2.75) is 11.0 Å². The molecule has 0 saturated heterocycles. The molecule has 1 atom stereocenters. The molecular formula is C14H10Cl2N2O2S. The second-order valence-electron chi connectivity index (χ2n) is 4.41. The van der Waals surface area contributed by atoms with Crippen LogP contribution in [0.4, 0.5) is 5.69 Å². The first kappa shape index (κ1) is 14.4. The molecular weight excluding hydrogens is 331 g/mol. The fourth-order valence-electron chi connectivity index (χ4n) is 1.88. The molecule has 1 unspecified atom stereocenters. The van der Waals surface area contributed by atoms with Crippen LogP contribution in [0, 0.1) is 0 Å². The van der Waals surface area contributed by atoms with Gasteiger partial charge >= 0.3 is 0 Å². The highest BCUT2D eigenvalue weighted by atomic mass is 35.5. The van der Waals surface area contributed by atoms with Crippen LogP contribution < -0.4 is 5.73 Å². The number of aromatic nitrogens is 1. The number of nitrogen functional groups attached to an aromatic ring is 1. The Morgan fingerprint density at radius 3 is 2.86 bits per heavy atom. The van der Waals surface area contributed by atoms with Gasteiger partial charge < -0.3 is 10.2 Å². The van der Waals surface area contributed by atoms with Crippen molar-refractivity contribution in [1.29, 1.82) is 0 Å². The van der Waals surface area contributed by atoms with Gasteiger partial charge in [0.05, 0.1) is 15.8 Å². The number of benzene rings is 2. The Kier molecular flexibility index (Phi) is 3.89. The van der Waals surface area contributed by atoms with Crippen LogP contribution in [0.2, 0.25) is 10.0 Å². The summed E-state index contributed by atoms with van der Waals surface area (Å²) in [7, 11) is -1.45. The SMILES string of the molecule is Nc1ccc2nc(S(=O)Cc3cccc(Cl)c3Cl)oc2c1. The van der Waals surface area contributed by atoms with Gasteiger partial charge in [-0.25, -0.2) is 9.19 Å². The van der Waals surface area contributed by atoms with Gasteiger partial charge in [0.25, 0.3) is 5.22 Å². The van der Waals surface area contributed by atoms with Gasteiger partial charge in [-0.15, -0.1) is 0 Å². The third-order valence-electron chi connectivity index (χ3n) is 2.91. The Morgan fingerprint density at radius 2 is 2.05 bits per heavy atom. The molecule has 4 nitrogen and oxygen atoms in total. The molecule has 3 rings (SSSR count). The molecule has 0 radical (unpaired) electrons. The third kappa shape index (κ3) is 2.90. The summed E-state index contributed by atoms with van der Waals surface area (Å²) in [6.45, 7) is 0. The first-order chi connectivity index (χ1) is 10.0. The largest absolute Gasteiger partial charge is 0.430 e. The lowest BCUT2D eigenvalue weighted by molar-refractivity contribution is 0.477. The number of halogens is 2. The molecule has 1 aromatic heterocycles. The van der Waals surface area contributed by atoms with Crippen LogP contribution in [0.1, 0.15) is 5.56 Å². The fourth-order valence-corrected chi connectivity index (χ4v) is 3.38. The van der Waals surface area contributed by atoms with Crippen molar-refractivity contribution in [3.8, 4) is 0 Å². The predicted molar refractivity (Wildman–Crippen MR) is 85.0 cm³/mol. The number of fused-ring (bicyclic) bond motifs is 1. The van der Waals surface area contributed by atoms with Crippen LogP contribution in [0.3, 0.4) is 0 Å².